The van der Waals surface area contributed by atoms with Crippen LogP contribution < -0.4 is 5.32 Å². The van der Waals surface area contributed by atoms with Gasteiger partial charge in [-0.15, -0.1) is 0 Å². The fourth-order valence-electron chi connectivity index (χ4n) is 2.53. The minimum absolute atomic E-state index is 0.445. The summed E-state index contributed by atoms with van der Waals surface area (Å²) < 4.78 is 7.57. The average molecular weight is 286 g/mol. The second-order valence-electron chi connectivity index (χ2n) is 5.00. The highest BCUT2D eigenvalue weighted by molar-refractivity contribution is 6.31. The lowest BCUT2D eigenvalue weighted by Crippen LogP contribution is -2.45. The first-order valence-corrected chi connectivity index (χ1v) is 7.66. The first-order chi connectivity index (χ1) is 9.19. The molecule has 1 aliphatic carbocycles. The van der Waals surface area contributed by atoms with Crippen LogP contribution in [0.4, 0.5) is 0 Å². The van der Waals surface area contributed by atoms with E-state index in [1.54, 1.807) is 0 Å². The van der Waals surface area contributed by atoms with E-state index in [-0.39, 0.29) is 0 Å². The number of ether oxygens (including phenoxy) is 1. The molecule has 0 spiro atoms. The van der Waals surface area contributed by atoms with Crippen molar-refractivity contribution < 1.29 is 4.74 Å². The van der Waals surface area contributed by atoms with Crippen LogP contribution in [0.1, 0.15) is 45.0 Å². The van der Waals surface area contributed by atoms with Gasteiger partial charge < -0.3 is 10.1 Å². The summed E-state index contributed by atoms with van der Waals surface area (Å²) in [6, 6.07) is 0.554. The zero-order valence-corrected chi connectivity index (χ0v) is 12.8. The van der Waals surface area contributed by atoms with Crippen LogP contribution in [-0.4, -0.2) is 28.5 Å². The number of hydrogen-bond acceptors (Lipinski definition) is 3. The van der Waals surface area contributed by atoms with Crippen molar-refractivity contribution in [1.29, 1.82) is 0 Å². The summed E-state index contributed by atoms with van der Waals surface area (Å²) >= 11 is 6.38. The first kappa shape index (κ1) is 14.8. The monoisotopic (exact) mass is 285 g/mol. The van der Waals surface area contributed by atoms with Gasteiger partial charge in [0.2, 0.25) is 0 Å². The summed E-state index contributed by atoms with van der Waals surface area (Å²) in [6.07, 6.45) is 3.54. The Hall–Kier alpha value is -0.580. The zero-order chi connectivity index (χ0) is 13.8. The summed E-state index contributed by atoms with van der Waals surface area (Å²) in [5.41, 5.74) is 2.11. The third kappa shape index (κ3) is 3.30. The number of hydrogen-bond donors (Lipinski definition) is 1. The van der Waals surface area contributed by atoms with Gasteiger partial charge in [0, 0.05) is 25.7 Å². The topological polar surface area (TPSA) is 39.1 Å². The predicted molar refractivity (Wildman–Crippen MR) is 77.6 cm³/mol. The van der Waals surface area contributed by atoms with E-state index < -0.39 is 0 Å². The Kier molecular flexibility index (Phi) is 5.25. The van der Waals surface area contributed by atoms with E-state index in [1.165, 1.54) is 0 Å². The molecule has 0 radical (unpaired) electrons. The van der Waals surface area contributed by atoms with E-state index in [9.17, 15) is 0 Å². The lowest BCUT2D eigenvalue weighted by Gasteiger charge is -2.35. The van der Waals surface area contributed by atoms with Gasteiger partial charge in [-0.25, -0.2) is 0 Å². The molecular weight excluding hydrogens is 262 g/mol. The second kappa shape index (κ2) is 6.73. The van der Waals surface area contributed by atoms with Crippen LogP contribution in [0.15, 0.2) is 0 Å². The molecule has 1 fully saturated rings. The number of rotatable bonds is 7. The molecule has 0 bridgehead atoms. The molecule has 0 amide bonds. The van der Waals surface area contributed by atoms with E-state index >= 15 is 0 Å². The summed E-state index contributed by atoms with van der Waals surface area (Å²) in [5, 5.41) is 8.92. The number of halogens is 1. The van der Waals surface area contributed by atoms with Crippen molar-refractivity contribution in [1.82, 2.24) is 15.1 Å². The number of nitrogens with zero attached hydrogens (tertiary/aromatic N) is 2. The van der Waals surface area contributed by atoms with E-state index in [0.29, 0.717) is 12.1 Å². The minimum atomic E-state index is 0.445. The molecule has 1 saturated carbocycles. The Morgan fingerprint density at radius 3 is 2.68 bits per heavy atom. The first-order valence-electron chi connectivity index (χ1n) is 7.28. The third-order valence-corrected chi connectivity index (χ3v) is 4.19. The molecule has 0 unspecified atom stereocenters. The third-order valence-electron chi connectivity index (χ3n) is 3.75. The van der Waals surface area contributed by atoms with Crippen LogP contribution in [0.25, 0.3) is 0 Å². The summed E-state index contributed by atoms with van der Waals surface area (Å²) in [6.45, 7) is 8.70. The van der Waals surface area contributed by atoms with Gasteiger partial charge >= 0.3 is 0 Å². The van der Waals surface area contributed by atoms with Gasteiger partial charge in [-0.1, -0.05) is 18.5 Å². The molecule has 1 aliphatic rings. The van der Waals surface area contributed by atoms with Gasteiger partial charge in [-0.3, -0.25) is 4.68 Å². The van der Waals surface area contributed by atoms with Crippen molar-refractivity contribution in [2.75, 3.05) is 6.61 Å². The summed E-state index contributed by atoms with van der Waals surface area (Å²) in [4.78, 5) is 0. The lowest BCUT2D eigenvalue weighted by molar-refractivity contribution is -0.0103. The molecule has 1 aromatic rings. The number of nitrogens with one attached hydrogen (secondary N) is 1. The minimum Gasteiger partial charge on any atom is -0.378 e. The molecule has 5 heteroatoms. The lowest BCUT2D eigenvalue weighted by atomic mass is 9.89. The Labute approximate surface area is 120 Å². The standard InChI is InChI=1S/C14H24ClN3O/c1-4-12-14(15)13(18(5-2)17-12)9-16-10-7-11(8-10)19-6-3/h10-11,16H,4-9H2,1-3H3. The molecule has 0 atom stereocenters. The Morgan fingerprint density at radius 1 is 1.37 bits per heavy atom. The van der Waals surface area contributed by atoms with Crippen molar-refractivity contribution in [2.24, 2.45) is 0 Å². The van der Waals surface area contributed by atoms with Gasteiger partial charge in [-0.05, 0) is 33.1 Å². The van der Waals surface area contributed by atoms with Crippen LogP contribution in [0, 0.1) is 0 Å². The maximum absolute atomic E-state index is 6.38. The van der Waals surface area contributed by atoms with Gasteiger partial charge in [-0.2, -0.15) is 5.10 Å². The summed E-state index contributed by atoms with van der Waals surface area (Å²) in [5.74, 6) is 0. The van der Waals surface area contributed by atoms with Crippen molar-refractivity contribution in [3.63, 3.8) is 0 Å². The molecule has 108 valence electrons. The van der Waals surface area contributed by atoms with E-state index in [1.807, 2.05) is 11.6 Å². The van der Waals surface area contributed by atoms with Gasteiger partial charge in [0.25, 0.3) is 0 Å². The molecule has 0 aliphatic heterocycles. The average Bonchev–Trinajstić information content (AvgIpc) is 2.68. The van der Waals surface area contributed by atoms with Crippen LogP contribution in [-0.2, 0) is 24.2 Å². The van der Waals surface area contributed by atoms with Crippen LogP contribution >= 0.6 is 11.6 Å². The Bertz CT molecular complexity index is 413. The van der Waals surface area contributed by atoms with E-state index in [4.69, 9.17) is 16.3 Å². The summed E-state index contributed by atoms with van der Waals surface area (Å²) in [7, 11) is 0. The normalized spacial score (nSPS) is 22.5. The highest BCUT2D eigenvalue weighted by Gasteiger charge is 2.29. The van der Waals surface area contributed by atoms with Crippen molar-refractivity contribution >= 4 is 11.6 Å². The number of aryl methyl sites for hydroxylation is 2. The predicted octanol–water partition coefficient (Wildman–Crippen LogP) is 2.78. The second-order valence-corrected chi connectivity index (χ2v) is 5.38. The molecule has 0 aromatic carbocycles. The largest absolute Gasteiger partial charge is 0.378 e. The maximum atomic E-state index is 6.38. The van der Waals surface area contributed by atoms with Crippen LogP contribution in [0.3, 0.4) is 0 Å². The molecule has 2 rings (SSSR count). The van der Waals surface area contributed by atoms with Crippen molar-refractivity contribution in [2.45, 2.75) is 65.3 Å². The van der Waals surface area contributed by atoms with Crippen LogP contribution in [0.5, 0.6) is 0 Å². The van der Waals surface area contributed by atoms with E-state index in [0.717, 1.165) is 55.4 Å². The Morgan fingerprint density at radius 2 is 2.11 bits per heavy atom. The van der Waals surface area contributed by atoms with Crippen molar-refractivity contribution in [3.05, 3.63) is 16.4 Å². The molecular formula is C14H24ClN3O. The molecule has 0 saturated heterocycles. The molecule has 1 N–H and O–H groups in total. The smallest absolute Gasteiger partial charge is 0.0863 e. The molecule has 4 nitrogen and oxygen atoms in total. The van der Waals surface area contributed by atoms with E-state index in [2.05, 4.69) is 24.3 Å². The quantitative estimate of drug-likeness (QED) is 0.837. The van der Waals surface area contributed by atoms with Gasteiger partial charge in [0.15, 0.2) is 0 Å². The number of aromatic nitrogens is 2. The van der Waals surface area contributed by atoms with Crippen LogP contribution in [0.2, 0.25) is 5.02 Å². The van der Waals surface area contributed by atoms with Gasteiger partial charge in [0.1, 0.15) is 0 Å². The highest BCUT2D eigenvalue weighted by atomic mass is 35.5. The molecule has 1 aromatic heterocycles. The SMILES string of the molecule is CCOC1CC(NCc2c(Cl)c(CC)nn2CC)C1. The molecule has 1 heterocycles. The fourth-order valence-corrected chi connectivity index (χ4v) is 2.87. The van der Waals surface area contributed by atoms with Gasteiger partial charge in [0.05, 0.1) is 22.5 Å². The maximum Gasteiger partial charge on any atom is 0.0863 e. The zero-order valence-electron chi connectivity index (χ0n) is 12.1. The van der Waals surface area contributed by atoms with Crippen molar-refractivity contribution in [3.8, 4) is 0 Å². The Balaban J connectivity index is 1.88. The molecule has 19 heavy (non-hydrogen) atoms. The highest BCUT2D eigenvalue weighted by Crippen LogP contribution is 2.25. The fraction of sp³-hybridized carbons (Fsp3) is 0.786.